The summed E-state index contributed by atoms with van der Waals surface area (Å²) in [7, 11) is 0. The number of benzene rings is 1. The SMILES string of the molecule is CCCC(CNC(=O)C(C)n1nnc(-c2ccccc2)n1)C(=O)O. The molecule has 0 aliphatic carbocycles. The van der Waals surface area contributed by atoms with Gasteiger partial charge in [0.05, 0.1) is 5.92 Å². The maximum atomic E-state index is 12.2. The van der Waals surface area contributed by atoms with Crippen LogP contribution in [0.15, 0.2) is 30.3 Å². The van der Waals surface area contributed by atoms with Crippen molar-refractivity contribution in [1.82, 2.24) is 25.5 Å². The second kappa shape index (κ2) is 8.19. The van der Waals surface area contributed by atoms with Crippen molar-refractivity contribution in [3.63, 3.8) is 0 Å². The van der Waals surface area contributed by atoms with Gasteiger partial charge in [0.25, 0.3) is 0 Å². The molecule has 128 valence electrons. The fourth-order valence-corrected chi connectivity index (χ4v) is 2.23. The fraction of sp³-hybridized carbons (Fsp3) is 0.438. The van der Waals surface area contributed by atoms with E-state index in [1.54, 1.807) is 6.92 Å². The Morgan fingerprint density at radius 3 is 2.62 bits per heavy atom. The summed E-state index contributed by atoms with van der Waals surface area (Å²) in [5, 5.41) is 23.8. The van der Waals surface area contributed by atoms with Crippen LogP contribution in [0.1, 0.15) is 32.7 Å². The highest BCUT2D eigenvalue weighted by Crippen LogP contribution is 2.13. The third-order valence-electron chi connectivity index (χ3n) is 3.70. The highest BCUT2D eigenvalue weighted by atomic mass is 16.4. The van der Waals surface area contributed by atoms with Crippen molar-refractivity contribution in [2.45, 2.75) is 32.7 Å². The van der Waals surface area contributed by atoms with E-state index in [9.17, 15) is 9.59 Å². The van der Waals surface area contributed by atoms with Crippen LogP contribution in [-0.4, -0.2) is 43.7 Å². The first-order valence-electron chi connectivity index (χ1n) is 7.88. The van der Waals surface area contributed by atoms with Crippen LogP contribution >= 0.6 is 0 Å². The molecule has 2 rings (SSSR count). The van der Waals surface area contributed by atoms with Crippen molar-refractivity contribution >= 4 is 11.9 Å². The molecule has 1 amide bonds. The van der Waals surface area contributed by atoms with Crippen LogP contribution in [0.2, 0.25) is 0 Å². The summed E-state index contributed by atoms with van der Waals surface area (Å²) in [6.45, 7) is 3.64. The van der Waals surface area contributed by atoms with Crippen LogP contribution in [0.5, 0.6) is 0 Å². The molecule has 0 fully saturated rings. The minimum absolute atomic E-state index is 0.0899. The molecule has 2 N–H and O–H groups in total. The maximum absolute atomic E-state index is 12.2. The Hall–Kier alpha value is -2.77. The molecule has 0 spiro atoms. The second-order valence-electron chi connectivity index (χ2n) is 5.54. The van der Waals surface area contributed by atoms with Crippen molar-refractivity contribution in [1.29, 1.82) is 0 Å². The minimum atomic E-state index is -0.907. The van der Waals surface area contributed by atoms with Gasteiger partial charge in [-0.15, -0.1) is 10.2 Å². The van der Waals surface area contributed by atoms with Gasteiger partial charge in [-0.3, -0.25) is 9.59 Å². The first kappa shape index (κ1) is 17.6. The van der Waals surface area contributed by atoms with E-state index in [1.807, 2.05) is 37.3 Å². The first-order valence-corrected chi connectivity index (χ1v) is 7.88. The van der Waals surface area contributed by atoms with Gasteiger partial charge < -0.3 is 10.4 Å². The van der Waals surface area contributed by atoms with Gasteiger partial charge >= 0.3 is 5.97 Å². The number of carboxylic acid groups (broad SMARTS) is 1. The van der Waals surface area contributed by atoms with Gasteiger partial charge in [-0.25, -0.2) is 0 Å². The number of hydrogen-bond acceptors (Lipinski definition) is 5. The monoisotopic (exact) mass is 331 g/mol. The predicted molar refractivity (Wildman–Crippen MR) is 87.0 cm³/mol. The number of aromatic nitrogens is 4. The predicted octanol–water partition coefficient (Wildman–Crippen LogP) is 1.52. The van der Waals surface area contributed by atoms with E-state index in [0.717, 1.165) is 12.0 Å². The van der Waals surface area contributed by atoms with Crippen LogP contribution in [0.3, 0.4) is 0 Å². The molecule has 1 heterocycles. The standard InChI is InChI=1S/C16H21N5O3/c1-3-7-13(16(23)24)10-17-15(22)11(2)21-19-14(18-20-21)12-8-5-4-6-9-12/h4-6,8-9,11,13H,3,7,10H2,1-2H3,(H,17,22)(H,23,24). The maximum Gasteiger partial charge on any atom is 0.308 e. The molecule has 2 atom stereocenters. The zero-order valence-electron chi connectivity index (χ0n) is 13.7. The minimum Gasteiger partial charge on any atom is -0.481 e. The number of amides is 1. The third kappa shape index (κ3) is 4.37. The van der Waals surface area contributed by atoms with Crippen LogP contribution in [-0.2, 0) is 9.59 Å². The van der Waals surface area contributed by atoms with Gasteiger partial charge in [0, 0.05) is 12.1 Å². The van der Waals surface area contributed by atoms with E-state index in [4.69, 9.17) is 5.11 Å². The summed E-state index contributed by atoms with van der Waals surface area (Å²) < 4.78 is 0. The van der Waals surface area contributed by atoms with Crippen LogP contribution in [0.25, 0.3) is 11.4 Å². The summed E-state index contributed by atoms with van der Waals surface area (Å²) >= 11 is 0. The van der Waals surface area contributed by atoms with Crippen molar-refractivity contribution < 1.29 is 14.7 Å². The highest BCUT2D eigenvalue weighted by molar-refractivity contribution is 5.80. The average Bonchev–Trinajstić information content (AvgIpc) is 3.08. The van der Waals surface area contributed by atoms with Gasteiger partial charge in [-0.05, 0) is 18.6 Å². The fourth-order valence-electron chi connectivity index (χ4n) is 2.23. The van der Waals surface area contributed by atoms with Crippen LogP contribution in [0, 0.1) is 5.92 Å². The third-order valence-corrected chi connectivity index (χ3v) is 3.70. The summed E-state index contributed by atoms with van der Waals surface area (Å²) in [5.74, 6) is -1.40. The summed E-state index contributed by atoms with van der Waals surface area (Å²) in [6.07, 6.45) is 1.26. The lowest BCUT2D eigenvalue weighted by Gasteiger charge is -2.14. The Kier molecular flexibility index (Phi) is 6.00. The molecular weight excluding hydrogens is 310 g/mol. The number of nitrogens with zero attached hydrogens (tertiary/aromatic N) is 4. The van der Waals surface area contributed by atoms with Gasteiger partial charge in [-0.1, -0.05) is 43.7 Å². The number of aliphatic carboxylic acids is 1. The summed E-state index contributed by atoms with van der Waals surface area (Å²) in [4.78, 5) is 24.5. The summed E-state index contributed by atoms with van der Waals surface area (Å²) in [6, 6.07) is 8.66. The molecule has 0 radical (unpaired) electrons. The molecule has 2 unspecified atom stereocenters. The number of carboxylic acids is 1. The lowest BCUT2D eigenvalue weighted by atomic mass is 10.0. The van der Waals surface area contributed by atoms with Crippen LogP contribution < -0.4 is 5.32 Å². The Bertz CT molecular complexity index is 686. The van der Waals surface area contributed by atoms with E-state index < -0.39 is 17.9 Å². The van der Waals surface area contributed by atoms with Gasteiger partial charge in [0.1, 0.15) is 6.04 Å². The normalized spacial score (nSPS) is 13.2. The molecule has 2 aromatic rings. The van der Waals surface area contributed by atoms with Gasteiger partial charge in [0.2, 0.25) is 11.7 Å². The smallest absolute Gasteiger partial charge is 0.308 e. The zero-order chi connectivity index (χ0) is 17.5. The van der Waals surface area contributed by atoms with Crippen molar-refractivity contribution in [2.75, 3.05) is 6.54 Å². The number of nitrogens with one attached hydrogen (secondary N) is 1. The van der Waals surface area contributed by atoms with Gasteiger partial charge in [-0.2, -0.15) is 4.80 Å². The molecule has 0 aliphatic rings. The number of tetrazole rings is 1. The van der Waals surface area contributed by atoms with E-state index in [-0.39, 0.29) is 12.5 Å². The largest absolute Gasteiger partial charge is 0.481 e. The van der Waals surface area contributed by atoms with Crippen LogP contribution in [0.4, 0.5) is 0 Å². The molecule has 8 nitrogen and oxygen atoms in total. The molecule has 1 aromatic heterocycles. The molecule has 0 aliphatic heterocycles. The quantitative estimate of drug-likeness (QED) is 0.759. The summed E-state index contributed by atoms with van der Waals surface area (Å²) in [5.41, 5.74) is 0.810. The van der Waals surface area contributed by atoms with Crippen molar-refractivity contribution in [3.05, 3.63) is 30.3 Å². The molecular formula is C16H21N5O3. The molecule has 0 bridgehead atoms. The molecule has 1 aromatic carbocycles. The molecule has 24 heavy (non-hydrogen) atoms. The second-order valence-corrected chi connectivity index (χ2v) is 5.54. The average molecular weight is 331 g/mol. The zero-order valence-corrected chi connectivity index (χ0v) is 13.7. The Morgan fingerprint density at radius 2 is 2.00 bits per heavy atom. The first-order chi connectivity index (χ1) is 11.5. The topological polar surface area (TPSA) is 110 Å². The highest BCUT2D eigenvalue weighted by Gasteiger charge is 2.22. The lowest BCUT2D eigenvalue weighted by molar-refractivity contribution is -0.142. The molecule has 8 heteroatoms. The Labute approximate surface area is 139 Å². The number of carbonyl (C=O) groups excluding carboxylic acids is 1. The molecule has 0 saturated heterocycles. The van der Waals surface area contributed by atoms with Crippen molar-refractivity contribution in [2.24, 2.45) is 5.92 Å². The molecule has 0 saturated carbocycles. The number of carbonyl (C=O) groups is 2. The van der Waals surface area contributed by atoms with E-state index in [2.05, 4.69) is 20.7 Å². The lowest BCUT2D eigenvalue weighted by Crippen LogP contribution is -2.37. The Morgan fingerprint density at radius 1 is 1.29 bits per heavy atom. The van der Waals surface area contributed by atoms with Gasteiger partial charge in [0.15, 0.2) is 0 Å². The number of rotatable bonds is 8. The van der Waals surface area contributed by atoms with E-state index in [1.165, 1.54) is 4.80 Å². The number of hydrogen-bond donors (Lipinski definition) is 2. The van der Waals surface area contributed by atoms with E-state index in [0.29, 0.717) is 12.2 Å². The Balaban J connectivity index is 1.98. The van der Waals surface area contributed by atoms with E-state index >= 15 is 0 Å². The van der Waals surface area contributed by atoms with Crippen molar-refractivity contribution in [3.8, 4) is 11.4 Å².